The Morgan fingerprint density at radius 1 is 1.06 bits per heavy atom. The molecule has 0 amide bonds. The van der Waals surface area contributed by atoms with Crippen LogP contribution in [-0.4, -0.2) is 17.7 Å². The first kappa shape index (κ1) is 12.2. The van der Waals surface area contributed by atoms with Gasteiger partial charge in [-0.25, -0.2) is 9.59 Å². The monoisotopic (exact) mass is 222 g/mol. The number of carbonyl (C=O) groups is 2. The van der Waals surface area contributed by atoms with E-state index in [4.69, 9.17) is 4.74 Å². The van der Waals surface area contributed by atoms with E-state index in [0.717, 1.165) is 0 Å². The average molecular weight is 222 g/mol. The van der Waals surface area contributed by atoms with E-state index in [1.54, 1.807) is 51.1 Å². The van der Waals surface area contributed by atoms with Gasteiger partial charge in [0.2, 0.25) is 0 Å². The molecular weight excluding hydrogens is 208 g/mol. The van der Waals surface area contributed by atoms with Gasteiger partial charge in [0.15, 0.2) is 0 Å². The van der Waals surface area contributed by atoms with Crippen LogP contribution < -0.4 is 0 Å². The lowest BCUT2D eigenvalue weighted by atomic mass is 10.2. The highest BCUT2D eigenvalue weighted by Crippen LogP contribution is 2.09. The molecule has 4 heteroatoms. The number of hydrogen-bond donors (Lipinski definition) is 0. The van der Waals surface area contributed by atoms with Crippen molar-refractivity contribution in [3.05, 3.63) is 35.9 Å². The lowest BCUT2D eigenvalue weighted by Crippen LogP contribution is -2.26. The van der Waals surface area contributed by atoms with Crippen LogP contribution in [0.3, 0.4) is 0 Å². The maximum Gasteiger partial charge on any atom is 0.516 e. The molecule has 0 aliphatic heterocycles. The van der Waals surface area contributed by atoms with Crippen molar-refractivity contribution in [2.45, 2.75) is 26.4 Å². The molecule has 86 valence electrons. The number of benzene rings is 1. The highest BCUT2D eigenvalue weighted by molar-refractivity contribution is 5.95. The van der Waals surface area contributed by atoms with Crippen molar-refractivity contribution in [2.75, 3.05) is 0 Å². The fourth-order valence-electron chi connectivity index (χ4n) is 0.980. The van der Waals surface area contributed by atoms with E-state index in [1.165, 1.54) is 0 Å². The second kappa shape index (κ2) is 4.79. The lowest BCUT2D eigenvalue weighted by molar-refractivity contribution is -0.00154. The highest BCUT2D eigenvalue weighted by atomic mass is 16.7. The predicted molar refractivity (Wildman–Crippen MR) is 58.1 cm³/mol. The molecule has 0 aliphatic carbocycles. The van der Waals surface area contributed by atoms with Gasteiger partial charge in [0.05, 0.1) is 5.56 Å². The topological polar surface area (TPSA) is 52.6 Å². The molecule has 0 unspecified atom stereocenters. The van der Waals surface area contributed by atoms with E-state index < -0.39 is 17.7 Å². The summed E-state index contributed by atoms with van der Waals surface area (Å²) in [6.07, 6.45) is -0.985. The Hall–Kier alpha value is -1.84. The highest BCUT2D eigenvalue weighted by Gasteiger charge is 2.20. The van der Waals surface area contributed by atoms with Crippen LogP contribution in [0.2, 0.25) is 0 Å². The minimum atomic E-state index is -0.985. The van der Waals surface area contributed by atoms with Gasteiger partial charge in [0.1, 0.15) is 5.60 Å². The van der Waals surface area contributed by atoms with E-state index in [1.807, 2.05) is 0 Å². The Balaban J connectivity index is 2.56. The molecule has 1 rings (SSSR count). The minimum Gasteiger partial charge on any atom is -0.428 e. The average Bonchev–Trinajstić information content (AvgIpc) is 2.16. The smallest absolute Gasteiger partial charge is 0.428 e. The van der Waals surface area contributed by atoms with Gasteiger partial charge >= 0.3 is 12.1 Å². The third-order valence-corrected chi connectivity index (χ3v) is 1.58. The van der Waals surface area contributed by atoms with Crippen molar-refractivity contribution < 1.29 is 19.1 Å². The number of esters is 1. The molecule has 0 aromatic heterocycles. The largest absolute Gasteiger partial charge is 0.516 e. The fourth-order valence-corrected chi connectivity index (χ4v) is 0.980. The summed E-state index contributed by atoms with van der Waals surface area (Å²) < 4.78 is 9.36. The summed E-state index contributed by atoms with van der Waals surface area (Å²) >= 11 is 0. The zero-order chi connectivity index (χ0) is 12.2. The van der Waals surface area contributed by atoms with Gasteiger partial charge in [-0.15, -0.1) is 0 Å². The standard InChI is InChI=1S/C12H14O4/c1-12(2,3)16-11(14)15-10(13)9-7-5-4-6-8-9/h4-8H,1-3H3. The third kappa shape index (κ3) is 4.13. The van der Waals surface area contributed by atoms with Gasteiger partial charge in [-0.3, -0.25) is 0 Å². The third-order valence-electron chi connectivity index (χ3n) is 1.58. The molecule has 0 bridgehead atoms. The van der Waals surface area contributed by atoms with Crippen LogP contribution in [0.15, 0.2) is 30.3 Å². The maximum atomic E-state index is 11.4. The van der Waals surface area contributed by atoms with Gasteiger partial charge < -0.3 is 9.47 Å². The van der Waals surface area contributed by atoms with Crippen LogP contribution in [-0.2, 0) is 9.47 Å². The van der Waals surface area contributed by atoms with Gasteiger partial charge in [-0.1, -0.05) is 18.2 Å². The molecule has 0 N–H and O–H groups in total. The van der Waals surface area contributed by atoms with Crippen LogP contribution in [0.1, 0.15) is 31.1 Å². The molecule has 0 fully saturated rings. The number of ether oxygens (including phenoxy) is 2. The zero-order valence-electron chi connectivity index (χ0n) is 9.52. The number of hydrogen-bond acceptors (Lipinski definition) is 4. The Labute approximate surface area is 94.2 Å². The zero-order valence-corrected chi connectivity index (χ0v) is 9.52. The van der Waals surface area contributed by atoms with E-state index in [-0.39, 0.29) is 0 Å². The maximum absolute atomic E-state index is 11.4. The Morgan fingerprint density at radius 2 is 1.62 bits per heavy atom. The molecule has 0 spiro atoms. The van der Waals surface area contributed by atoms with Crippen molar-refractivity contribution in [1.82, 2.24) is 0 Å². The second-order valence-electron chi connectivity index (χ2n) is 4.22. The first-order valence-electron chi connectivity index (χ1n) is 4.89. The normalized spacial score (nSPS) is 10.7. The number of carbonyl (C=O) groups excluding carboxylic acids is 2. The summed E-state index contributed by atoms with van der Waals surface area (Å²) in [4.78, 5) is 22.6. The van der Waals surface area contributed by atoms with E-state index in [2.05, 4.69) is 4.74 Å². The quantitative estimate of drug-likeness (QED) is 0.541. The first-order valence-corrected chi connectivity index (χ1v) is 4.89. The molecule has 0 aliphatic rings. The van der Waals surface area contributed by atoms with E-state index in [0.29, 0.717) is 5.56 Å². The Bertz CT molecular complexity index is 376. The Morgan fingerprint density at radius 3 is 2.12 bits per heavy atom. The van der Waals surface area contributed by atoms with Crippen LogP contribution in [0.5, 0.6) is 0 Å². The van der Waals surface area contributed by atoms with Crippen molar-refractivity contribution in [2.24, 2.45) is 0 Å². The molecule has 4 nitrogen and oxygen atoms in total. The summed E-state index contributed by atoms with van der Waals surface area (Å²) in [5.41, 5.74) is -0.359. The molecule has 0 saturated heterocycles. The van der Waals surface area contributed by atoms with Gasteiger partial charge in [0.25, 0.3) is 0 Å². The minimum absolute atomic E-state index is 0.313. The van der Waals surface area contributed by atoms with Crippen molar-refractivity contribution in [3.63, 3.8) is 0 Å². The summed E-state index contributed by atoms with van der Waals surface area (Å²) in [6, 6.07) is 8.26. The van der Waals surface area contributed by atoms with E-state index in [9.17, 15) is 9.59 Å². The van der Waals surface area contributed by atoms with Crippen LogP contribution >= 0.6 is 0 Å². The lowest BCUT2D eigenvalue weighted by Gasteiger charge is -2.18. The molecular formula is C12H14O4. The van der Waals surface area contributed by atoms with E-state index >= 15 is 0 Å². The van der Waals surface area contributed by atoms with Crippen LogP contribution in [0.4, 0.5) is 4.79 Å². The summed E-state index contributed by atoms with van der Waals surface area (Å²) in [6.45, 7) is 5.09. The summed E-state index contributed by atoms with van der Waals surface area (Å²) in [7, 11) is 0. The van der Waals surface area contributed by atoms with Gasteiger partial charge in [-0.2, -0.15) is 0 Å². The molecule has 1 aromatic carbocycles. The fraction of sp³-hybridized carbons (Fsp3) is 0.333. The van der Waals surface area contributed by atoms with Gasteiger partial charge in [0, 0.05) is 0 Å². The number of rotatable bonds is 1. The SMILES string of the molecule is CC(C)(C)OC(=O)OC(=O)c1ccccc1. The second-order valence-corrected chi connectivity index (χ2v) is 4.22. The van der Waals surface area contributed by atoms with Crippen molar-refractivity contribution >= 4 is 12.1 Å². The predicted octanol–water partition coefficient (Wildman–Crippen LogP) is 2.78. The molecule has 0 heterocycles. The summed E-state index contributed by atoms with van der Waals surface area (Å²) in [5, 5.41) is 0. The Kier molecular flexibility index (Phi) is 3.66. The van der Waals surface area contributed by atoms with Crippen molar-refractivity contribution in [1.29, 1.82) is 0 Å². The first-order chi connectivity index (χ1) is 7.38. The van der Waals surface area contributed by atoms with Crippen molar-refractivity contribution in [3.8, 4) is 0 Å². The van der Waals surface area contributed by atoms with Crippen LogP contribution in [0.25, 0.3) is 0 Å². The van der Waals surface area contributed by atoms with Crippen LogP contribution in [0, 0.1) is 0 Å². The van der Waals surface area contributed by atoms with Gasteiger partial charge in [-0.05, 0) is 32.9 Å². The molecule has 0 saturated carbocycles. The molecule has 1 aromatic rings. The molecule has 0 atom stereocenters. The molecule has 16 heavy (non-hydrogen) atoms. The summed E-state index contributed by atoms with van der Waals surface area (Å²) in [5.74, 6) is -0.713. The molecule has 0 radical (unpaired) electrons.